The molecule has 0 atom stereocenters. The molecule has 0 unspecified atom stereocenters. The van der Waals surface area contributed by atoms with E-state index in [1.165, 1.54) is 0 Å². The lowest BCUT2D eigenvalue weighted by Gasteiger charge is -2.35. The number of aliphatic hydroxyl groups is 1. The van der Waals surface area contributed by atoms with E-state index in [-0.39, 0.29) is 5.28 Å². The molecule has 0 aliphatic carbocycles. The van der Waals surface area contributed by atoms with Crippen LogP contribution in [0.15, 0.2) is 0 Å². The first-order chi connectivity index (χ1) is 9.45. The number of aromatic nitrogens is 3. The van der Waals surface area contributed by atoms with Gasteiger partial charge in [-0.25, -0.2) is 0 Å². The molecular formula is C13H22ClN5O. The average molecular weight is 300 g/mol. The molecule has 0 amide bonds. The van der Waals surface area contributed by atoms with Crippen molar-refractivity contribution in [3.05, 3.63) is 5.28 Å². The van der Waals surface area contributed by atoms with Crippen molar-refractivity contribution >= 4 is 23.5 Å². The van der Waals surface area contributed by atoms with Gasteiger partial charge in [0.15, 0.2) is 0 Å². The van der Waals surface area contributed by atoms with Crippen molar-refractivity contribution < 1.29 is 5.11 Å². The van der Waals surface area contributed by atoms with Gasteiger partial charge in [0.05, 0.1) is 5.60 Å². The van der Waals surface area contributed by atoms with Crippen LogP contribution in [0.2, 0.25) is 5.28 Å². The van der Waals surface area contributed by atoms with Crippen molar-refractivity contribution in [2.75, 3.05) is 36.0 Å². The minimum atomic E-state index is -0.588. The van der Waals surface area contributed by atoms with Crippen molar-refractivity contribution in [1.29, 1.82) is 0 Å². The van der Waals surface area contributed by atoms with E-state index >= 15 is 0 Å². The molecular weight excluding hydrogens is 278 g/mol. The van der Waals surface area contributed by atoms with Crippen LogP contribution in [-0.2, 0) is 0 Å². The third-order valence-electron chi connectivity index (χ3n) is 3.75. The smallest absolute Gasteiger partial charge is 0.231 e. The maximum atomic E-state index is 10.00. The van der Waals surface area contributed by atoms with E-state index in [2.05, 4.69) is 33.7 Å². The summed E-state index contributed by atoms with van der Waals surface area (Å²) in [6, 6.07) is 0. The van der Waals surface area contributed by atoms with Crippen LogP contribution in [0.25, 0.3) is 0 Å². The monoisotopic (exact) mass is 299 g/mol. The first kappa shape index (κ1) is 15.3. The summed E-state index contributed by atoms with van der Waals surface area (Å²) in [5.74, 6) is 1.21. The van der Waals surface area contributed by atoms with E-state index in [9.17, 15) is 5.11 Å². The highest BCUT2D eigenvalue weighted by Crippen LogP contribution is 2.25. The number of hydrogen-bond acceptors (Lipinski definition) is 6. The van der Waals surface area contributed by atoms with Gasteiger partial charge in [0.1, 0.15) is 0 Å². The molecule has 1 aromatic rings. The summed E-state index contributed by atoms with van der Waals surface area (Å²) in [7, 11) is 0. The molecule has 0 spiro atoms. The zero-order chi connectivity index (χ0) is 14.8. The molecule has 0 radical (unpaired) electrons. The predicted molar refractivity (Wildman–Crippen MR) is 80.5 cm³/mol. The second-order valence-electron chi connectivity index (χ2n) is 5.36. The van der Waals surface area contributed by atoms with Gasteiger partial charge in [-0.3, -0.25) is 0 Å². The number of halogens is 1. The minimum absolute atomic E-state index is 0.217. The highest BCUT2D eigenvalue weighted by molar-refractivity contribution is 6.28. The molecule has 1 N–H and O–H groups in total. The van der Waals surface area contributed by atoms with Gasteiger partial charge < -0.3 is 14.9 Å². The van der Waals surface area contributed by atoms with Gasteiger partial charge in [0.2, 0.25) is 17.2 Å². The molecule has 1 aromatic heterocycles. The largest absolute Gasteiger partial charge is 0.390 e. The second-order valence-corrected chi connectivity index (χ2v) is 5.70. The van der Waals surface area contributed by atoms with Crippen LogP contribution in [-0.4, -0.2) is 51.8 Å². The lowest BCUT2D eigenvalue weighted by molar-refractivity contribution is 0.0349. The van der Waals surface area contributed by atoms with Crippen LogP contribution in [0.5, 0.6) is 0 Å². The van der Waals surface area contributed by atoms with Crippen LogP contribution in [0.4, 0.5) is 11.9 Å². The van der Waals surface area contributed by atoms with E-state index in [0.29, 0.717) is 24.7 Å². The average Bonchev–Trinajstić information content (AvgIpc) is 2.39. The Morgan fingerprint density at radius 1 is 1.20 bits per heavy atom. The minimum Gasteiger partial charge on any atom is -0.390 e. The molecule has 2 rings (SSSR count). The molecule has 2 heterocycles. The quantitative estimate of drug-likeness (QED) is 0.913. The molecule has 0 bridgehead atoms. The Morgan fingerprint density at radius 2 is 1.80 bits per heavy atom. The summed E-state index contributed by atoms with van der Waals surface area (Å²) in [6.07, 6.45) is 1.41. The molecule has 7 heteroatoms. The van der Waals surface area contributed by atoms with Crippen molar-refractivity contribution in [3.8, 4) is 0 Å². The topological polar surface area (TPSA) is 65.4 Å². The Kier molecular flexibility index (Phi) is 4.65. The lowest BCUT2D eigenvalue weighted by Crippen LogP contribution is -2.43. The number of rotatable bonds is 4. The molecule has 20 heavy (non-hydrogen) atoms. The summed E-state index contributed by atoms with van der Waals surface area (Å²) in [4.78, 5) is 17.0. The van der Waals surface area contributed by atoms with Gasteiger partial charge in [0.25, 0.3) is 0 Å². The first-order valence-electron chi connectivity index (χ1n) is 7.09. The number of hydrogen-bond donors (Lipinski definition) is 1. The van der Waals surface area contributed by atoms with Gasteiger partial charge in [-0.15, -0.1) is 0 Å². The molecule has 1 fully saturated rings. The van der Waals surface area contributed by atoms with E-state index < -0.39 is 5.60 Å². The highest BCUT2D eigenvalue weighted by atomic mass is 35.5. The Hall–Kier alpha value is -1.14. The summed E-state index contributed by atoms with van der Waals surface area (Å²) >= 11 is 6.02. The predicted octanol–water partition coefficient (Wildman–Crippen LogP) is 1.72. The summed E-state index contributed by atoms with van der Waals surface area (Å²) in [5, 5.41) is 10.2. The van der Waals surface area contributed by atoms with E-state index in [1.54, 1.807) is 0 Å². The third kappa shape index (κ3) is 3.49. The first-order valence-corrected chi connectivity index (χ1v) is 7.47. The van der Waals surface area contributed by atoms with Gasteiger partial charge >= 0.3 is 0 Å². The Morgan fingerprint density at radius 3 is 2.35 bits per heavy atom. The van der Waals surface area contributed by atoms with Gasteiger partial charge in [0, 0.05) is 26.2 Å². The molecule has 1 aliphatic heterocycles. The van der Waals surface area contributed by atoms with Crippen molar-refractivity contribution in [3.63, 3.8) is 0 Å². The SMILES string of the molecule is CCN(CC)c1nc(Cl)nc(N2CCC(C)(O)CC2)n1. The molecule has 1 saturated heterocycles. The van der Waals surface area contributed by atoms with Crippen molar-refractivity contribution in [2.24, 2.45) is 0 Å². The molecule has 0 saturated carbocycles. The maximum absolute atomic E-state index is 10.00. The number of piperidine rings is 1. The van der Waals surface area contributed by atoms with Crippen LogP contribution >= 0.6 is 11.6 Å². The van der Waals surface area contributed by atoms with Crippen LogP contribution in [0.3, 0.4) is 0 Å². The summed E-state index contributed by atoms with van der Waals surface area (Å²) < 4.78 is 0. The van der Waals surface area contributed by atoms with Crippen molar-refractivity contribution in [2.45, 2.75) is 39.2 Å². The molecule has 1 aliphatic rings. The lowest BCUT2D eigenvalue weighted by atomic mass is 9.94. The molecule has 0 aromatic carbocycles. The zero-order valence-electron chi connectivity index (χ0n) is 12.3. The van der Waals surface area contributed by atoms with Gasteiger partial charge in [-0.2, -0.15) is 15.0 Å². The van der Waals surface area contributed by atoms with Gasteiger partial charge in [-0.05, 0) is 45.2 Å². The highest BCUT2D eigenvalue weighted by Gasteiger charge is 2.29. The Balaban J connectivity index is 2.20. The van der Waals surface area contributed by atoms with Crippen LogP contribution < -0.4 is 9.80 Å². The van der Waals surface area contributed by atoms with Crippen LogP contribution in [0, 0.1) is 0 Å². The fourth-order valence-electron chi connectivity index (χ4n) is 2.31. The summed E-state index contributed by atoms with van der Waals surface area (Å²) in [5.41, 5.74) is -0.588. The standard InChI is InChI=1S/C13H22ClN5O/c1-4-18(5-2)11-15-10(14)16-12(17-11)19-8-6-13(3,20)7-9-19/h20H,4-9H2,1-3H3. The summed E-state index contributed by atoms with van der Waals surface area (Å²) in [6.45, 7) is 9.08. The Bertz CT molecular complexity index is 454. The second kappa shape index (κ2) is 6.10. The fourth-order valence-corrected chi connectivity index (χ4v) is 2.46. The normalized spacial score (nSPS) is 18.1. The molecule has 112 valence electrons. The molecule has 6 nitrogen and oxygen atoms in total. The van der Waals surface area contributed by atoms with E-state index in [4.69, 9.17) is 11.6 Å². The van der Waals surface area contributed by atoms with E-state index in [1.807, 2.05) is 11.8 Å². The van der Waals surface area contributed by atoms with Crippen molar-refractivity contribution in [1.82, 2.24) is 15.0 Å². The maximum Gasteiger partial charge on any atom is 0.231 e. The third-order valence-corrected chi connectivity index (χ3v) is 3.92. The zero-order valence-corrected chi connectivity index (χ0v) is 13.1. The Labute approximate surface area is 124 Å². The van der Waals surface area contributed by atoms with Gasteiger partial charge in [-0.1, -0.05) is 0 Å². The van der Waals surface area contributed by atoms with E-state index in [0.717, 1.165) is 26.2 Å². The number of nitrogens with zero attached hydrogens (tertiary/aromatic N) is 5. The van der Waals surface area contributed by atoms with Crippen LogP contribution in [0.1, 0.15) is 33.6 Å². The fraction of sp³-hybridized carbons (Fsp3) is 0.769. The number of anilines is 2.